The van der Waals surface area contributed by atoms with Crippen molar-refractivity contribution in [1.29, 1.82) is 0 Å². The molecule has 0 aliphatic heterocycles. The molecule has 0 saturated carbocycles. The second kappa shape index (κ2) is 5.67. The van der Waals surface area contributed by atoms with Gasteiger partial charge in [0.15, 0.2) is 0 Å². The van der Waals surface area contributed by atoms with Gasteiger partial charge in [0.25, 0.3) is 0 Å². The van der Waals surface area contributed by atoms with E-state index in [4.69, 9.17) is 0 Å². The predicted molar refractivity (Wildman–Crippen MR) is 54.0 cm³/mol. The number of rotatable bonds is 5. The summed E-state index contributed by atoms with van der Waals surface area (Å²) < 4.78 is 37.0. The normalized spacial score (nSPS) is 11.5. The zero-order chi connectivity index (χ0) is 12.9. The highest BCUT2D eigenvalue weighted by atomic mass is 19.4. The van der Waals surface area contributed by atoms with Crippen LogP contribution < -0.4 is 10.6 Å². The van der Waals surface area contributed by atoms with Crippen molar-refractivity contribution < 1.29 is 18.0 Å². The van der Waals surface area contributed by atoms with Gasteiger partial charge in [-0.3, -0.25) is 4.79 Å². The first-order valence-corrected chi connectivity index (χ1v) is 4.89. The minimum Gasteiger partial charge on any atom is -0.348 e. The van der Waals surface area contributed by atoms with Gasteiger partial charge in [-0.25, -0.2) is 4.98 Å². The summed E-state index contributed by atoms with van der Waals surface area (Å²) in [6.07, 6.45) is -1.02. The van der Waals surface area contributed by atoms with Gasteiger partial charge in [-0.15, -0.1) is 0 Å². The van der Waals surface area contributed by atoms with Crippen LogP contribution in [0.5, 0.6) is 0 Å². The molecule has 0 saturated heterocycles. The number of imidazole rings is 1. The Kier molecular flexibility index (Phi) is 4.50. The lowest BCUT2D eigenvalue weighted by Gasteiger charge is -2.08. The van der Waals surface area contributed by atoms with Gasteiger partial charge in [-0.2, -0.15) is 13.2 Å². The molecule has 1 aromatic rings. The molecular weight excluding hydrogens is 237 g/mol. The molecule has 17 heavy (non-hydrogen) atoms. The minimum atomic E-state index is -4.31. The number of aromatic nitrogens is 2. The molecule has 0 spiro atoms. The third-order valence-electron chi connectivity index (χ3n) is 1.98. The van der Waals surface area contributed by atoms with E-state index in [1.807, 2.05) is 5.32 Å². The Morgan fingerprint density at radius 3 is 2.76 bits per heavy atom. The van der Waals surface area contributed by atoms with Crippen molar-refractivity contribution in [3.63, 3.8) is 0 Å². The molecule has 0 bridgehead atoms. The van der Waals surface area contributed by atoms with Crippen LogP contribution in [0, 0.1) is 0 Å². The van der Waals surface area contributed by atoms with Gasteiger partial charge in [-0.05, 0) is 0 Å². The van der Waals surface area contributed by atoms with Gasteiger partial charge in [0, 0.05) is 19.4 Å². The molecule has 0 aliphatic carbocycles. The Morgan fingerprint density at radius 2 is 2.24 bits per heavy atom. The number of alkyl halides is 3. The summed E-state index contributed by atoms with van der Waals surface area (Å²) in [5.74, 6) is 0.131. The molecule has 0 aliphatic rings. The number of carbonyl (C=O) groups excluding carboxylic acids is 1. The zero-order valence-electron chi connectivity index (χ0n) is 9.21. The number of amides is 1. The maximum absolute atomic E-state index is 11.8. The van der Waals surface area contributed by atoms with E-state index in [1.54, 1.807) is 24.0 Å². The number of nitrogens with one attached hydrogen (secondary N) is 2. The third-order valence-corrected chi connectivity index (χ3v) is 1.98. The maximum Gasteiger partial charge on any atom is 0.401 e. The number of aryl methyl sites for hydroxylation is 1. The van der Waals surface area contributed by atoms with E-state index in [0.717, 1.165) is 0 Å². The van der Waals surface area contributed by atoms with Crippen LogP contribution in [0.15, 0.2) is 12.4 Å². The molecule has 5 nitrogen and oxygen atoms in total. The largest absolute Gasteiger partial charge is 0.401 e. The van der Waals surface area contributed by atoms with Crippen molar-refractivity contribution in [3.8, 4) is 0 Å². The highest BCUT2D eigenvalue weighted by Crippen LogP contribution is 2.11. The molecule has 0 unspecified atom stereocenters. The molecule has 0 aromatic carbocycles. The van der Waals surface area contributed by atoms with Gasteiger partial charge in [0.05, 0.1) is 19.6 Å². The van der Waals surface area contributed by atoms with Crippen molar-refractivity contribution in [2.24, 2.45) is 7.05 Å². The molecule has 0 fully saturated rings. The Labute approximate surface area is 96.0 Å². The molecular formula is C9H13F3N4O. The van der Waals surface area contributed by atoms with Gasteiger partial charge < -0.3 is 15.2 Å². The van der Waals surface area contributed by atoms with E-state index in [0.29, 0.717) is 5.82 Å². The Morgan fingerprint density at radius 1 is 1.53 bits per heavy atom. The van der Waals surface area contributed by atoms with Crippen molar-refractivity contribution in [3.05, 3.63) is 18.2 Å². The first kappa shape index (κ1) is 13.5. The van der Waals surface area contributed by atoms with Crippen LogP contribution in [-0.4, -0.2) is 34.7 Å². The second-order valence-electron chi connectivity index (χ2n) is 3.45. The molecule has 0 radical (unpaired) electrons. The van der Waals surface area contributed by atoms with E-state index in [2.05, 4.69) is 10.3 Å². The second-order valence-corrected chi connectivity index (χ2v) is 3.45. The molecule has 1 amide bonds. The van der Waals surface area contributed by atoms with E-state index in [9.17, 15) is 18.0 Å². The smallest absolute Gasteiger partial charge is 0.348 e. The van der Waals surface area contributed by atoms with Crippen LogP contribution in [0.4, 0.5) is 13.2 Å². The Hall–Kier alpha value is -1.57. The Bertz CT molecular complexity index is 375. The predicted octanol–water partition coefficient (Wildman–Crippen LogP) is 0.188. The van der Waals surface area contributed by atoms with Crippen molar-refractivity contribution in [2.75, 3.05) is 13.1 Å². The monoisotopic (exact) mass is 250 g/mol. The number of carbonyl (C=O) groups is 1. The number of hydrogen-bond donors (Lipinski definition) is 2. The average Bonchev–Trinajstić information content (AvgIpc) is 2.59. The molecule has 96 valence electrons. The summed E-state index contributed by atoms with van der Waals surface area (Å²) in [5.41, 5.74) is 0. The average molecular weight is 250 g/mol. The molecule has 1 rings (SSSR count). The molecule has 8 heteroatoms. The van der Waals surface area contributed by atoms with Crippen molar-refractivity contribution in [2.45, 2.75) is 12.7 Å². The summed E-state index contributed by atoms with van der Waals surface area (Å²) >= 11 is 0. The Balaban J connectivity index is 2.20. The van der Waals surface area contributed by atoms with Crippen LogP contribution in [0.3, 0.4) is 0 Å². The van der Waals surface area contributed by atoms with E-state index < -0.39 is 18.6 Å². The maximum atomic E-state index is 11.8. The summed E-state index contributed by atoms with van der Waals surface area (Å²) in [7, 11) is 1.76. The van der Waals surface area contributed by atoms with E-state index in [-0.39, 0.29) is 13.1 Å². The molecule has 1 heterocycles. The third kappa shape index (κ3) is 5.34. The van der Waals surface area contributed by atoms with Gasteiger partial charge in [0.1, 0.15) is 5.82 Å². The van der Waals surface area contributed by atoms with Crippen LogP contribution in [0.1, 0.15) is 5.82 Å². The van der Waals surface area contributed by atoms with Crippen LogP contribution in [0.2, 0.25) is 0 Å². The molecule has 1 aromatic heterocycles. The quantitative estimate of drug-likeness (QED) is 0.784. The highest BCUT2D eigenvalue weighted by molar-refractivity contribution is 5.77. The molecule has 0 atom stereocenters. The fraction of sp³-hybridized carbons (Fsp3) is 0.556. The van der Waals surface area contributed by atoms with E-state index in [1.165, 1.54) is 0 Å². The fourth-order valence-corrected chi connectivity index (χ4v) is 1.12. The first-order valence-electron chi connectivity index (χ1n) is 4.89. The topological polar surface area (TPSA) is 59.0 Å². The van der Waals surface area contributed by atoms with Gasteiger partial charge >= 0.3 is 6.18 Å². The summed E-state index contributed by atoms with van der Waals surface area (Å²) in [4.78, 5) is 15.1. The first-order chi connectivity index (χ1) is 7.88. The van der Waals surface area contributed by atoms with Gasteiger partial charge in [-0.1, -0.05) is 0 Å². The zero-order valence-corrected chi connectivity index (χ0v) is 9.21. The van der Waals surface area contributed by atoms with Crippen LogP contribution >= 0.6 is 0 Å². The lowest BCUT2D eigenvalue weighted by Crippen LogP contribution is -2.38. The fourth-order valence-electron chi connectivity index (χ4n) is 1.12. The highest BCUT2D eigenvalue weighted by Gasteiger charge is 2.26. The molecule has 2 N–H and O–H groups in total. The lowest BCUT2D eigenvalue weighted by atomic mass is 10.5. The number of hydrogen-bond acceptors (Lipinski definition) is 3. The number of halogens is 3. The lowest BCUT2D eigenvalue weighted by molar-refractivity contribution is -0.128. The van der Waals surface area contributed by atoms with E-state index >= 15 is 0 Å². The van der Waals surface area contributed by atoms with Crippen LogP contribution in [-0.2, 0) is 18.4 Å². The van der Waals surface area contributed by atoms with Gasteiger partial charge in [0.2, 0.25) is 5.91 Å². The number of nitrogens with zero attached hydrogens (tertiary/aromatic N) is 2. The van der Waals surface area contributed by atoms with Crippen molar-refractivity contribution >= 4 is 5.91 Å². The van der Waals surface area contributed by atoms with Crippen LogP contribution in [0.25, 0.3) is 0 Å². The minimum absolute atomic E-state index is 0.191. The summed E-state index contributed by atoms with van der Waals surface area (Å²) in [5, 5.41) is 4.47. The van der Waals surface area contributed by atoms with Crippen molar-refractivity contribution in [1.82, 2.24) is 20.2 Å². The summed E-state index contributed by atoms with van der Waals surface area (Å²) in [6.45, 7) is -1.36. The SMILES string of the molecule is Cn1ccnc1CNC(=O)CNCC(F)(F)F. The summed E-state index contributed by atoms with van der Waals surface area (Å²) in [6, 6.07) is 0. The standard InChI is InChI=1S/C9H13F3N4O/c1-16-3-2-14-7(16)4-15-8(17)5-13-6-9(10,11)12/h2-3,13H,4-6H2,1H3,(H,15,17).